The molecule has 18 heavy (non-hydrogen) atoms. The zero-order valence-electron chi connectivity index (χ0n) is 9.70. The molecule has 0 bridgehead atoms. The second kappa shape index (κ2) is 5.50. The molecule has 1 saturated heterocycles. The molecule has 2 amide bonds. The van der Waals surface area contributed by atoms with E-state index in [1.807, 2.05) is 30.3 Å². The normalized spacial score (nSPS) is 18.8. The number of carbonyl (C=O) groups is 2. The molecule has 1 aliphatic rings. The van der Waals surface area contributed by atoms with Crippen LogP contribution in [0.2, 0.25) is 0 Å². The number of aliphatic hydroxyl groups is 1. The number of ether oxygens (including phenoxy) is 1. The van der Waals surface area contributed by atoms with Gasteiger partial charge in [-0.15, -0.1) is 0 Å². The van der Waals surface area contributed by atoms with Crippen molar-refractivity contribution >= 4 is 12.0 Å². The van der Waals surface area contributed by atoms with Crippen LogP contribution in [-0.4, -0.2) is 34.8 Å². The molecular weight excluding hydrogens is 236 g/mol. The van der Waals surface area contributed by atoms with Crippen molar-refractivity contribution in [3.05, 3.63) is 35.9 Å². The van der Waals surface area contributed by atoms with E-state index in [1.165, 1.54) is 0 Å². The van der Waals surface area contributed by atoms with E-state index in [0.717, 1.165) is 10.6 Å². The fraction of sp³-hybridized carbons (Fsp3) is 0.333. The summed E-state index contributed by atoms with van der Waals surface area (Å²) >= 11 is 0. The summed E-state index contributed by atoms with van der Waals surface area (Å²) in [4.78, 5) is 22.7. The van der Waals surface area contributed by atoms with Gasteiger partial charge in [0.25, 0.3) is 5.91 Å². The van der Waals surface area contributed by atoms with Crippen LogP contribution in [0.4, 0.5) is 4.79 Å². The van der Waals surface area contributed by atoms with E-state index >= 15 is 0 Å². The van der Waals surface area contributed by atoms with Crippen LogP contribution in [0.3, 0.4) is 0 Å². The van der Waals surface area contributed by atoms with Crippen LogP contribution in [0.15, 0.2) is 30.3 Å². The number of hydrazine groups is 1. The van der Waals surface area contributed by atoms with E-state index in [0.29, 0.717) is 13.0 Å². The molecule has 1 aromatic carbocycles. The summed E-state index contributed by atoms with van der Waals surface area (Å²) in [5.74, 6) is -0.508. The molecule has 0 unspecified atom stereocenters. The van der Waals surface area contributed by atoms with Gasteiger partial charge < -0.3 is 9.84 Å². The molecule has 1 heterocycles. The number of amides is 2. The zero-order valence-corrected chi connectivity index (χ0v) is 9.70. The Morgan fingerprint density at radius 3 is 2.78 bits per heavy atom. The third-order valence-electron chi connectivity index (χ3n) is 2.62. The van der Waals surface area contributed by atoms with Crippen molar-refractivity contribution in [1.82, 2.24) is 10.4 Å². The fourth-order valence-corrected chi connectivity index (χ4v) is 1.64. The number of hydrogen-bond donors (Lipinski definition) is 2. The van der Waals surface area contributed by atoms with Crippen molar-refractivity contribution in [1.29, 1.82) is 0 Å². The maximum Gasteiger partial charge on any atom is 0.426 e. The first-order valence-electron chi connectivity index (χ1n) is 5.63. The van der Waals surface area contributed by atoms with Gasteiger partial charge >= 0.3 is 6.09 Å². The summed E-state index contributed by atoms with van der Waals surface area (Å²) < 4.78 is 4.95. The average Bonchev–Trinajstić information content (AvgIpc) is 2.70. The summed E-state index contributed by atoms with van der Waals surface area (Å²) in [7, 11) is 0. The number of hydrogen-bond acceptors (Lipinski definition) is 4. The topological polar surface area (TPSA) is 78.9 Å². The van der Waals surface area contributed by atoms with E-state index in [2.05, 4.69) is 5.43 Å². The fourth-order valence-electron chi connectivity index (χ4n) is 1.64. The molecule has 6 nitrogen and oxygen atoms in total. The minimum atomic E-state index is -1.03. The van der Waals surface area contributed by atoms with Crippen LogP contribution in [-0.2, 0) is 16.1 Å². The summed E-state index contributed by atoms with van der Waals surface area (Å²) in [5, 5.41) is 10.3. The average molecular weight is 250 g/mol. The summed E-state index contributed by atoms with van der Waals surface area (Å²) in [6, 6.07) is 9.22. The van der Waals surface area contributed by atoms with Gasteiger partial charge in [0.15, 0.2) is 0 Å². The van der Waals surface area contributed by atoms with Crippen LogP contribution >= 0.6 is 0 Å². The second-order valence-electron chi connectivity index (χ2n) is 3.97. The Balaban J connectivity index is 1.78. The predicted octanol–water partition coefficient (Wildman–Crippen LogP) is 0.421. The van der Waals surface area contributed by atoms with Crippen molar-refractivity contribution < 1.29 is 19.4 Å². The maximum atomic E-state index is 11.4. The zero-order chi connectivity index (χ0) is 13.0. The number of aliphatic hydroxyl groups excluding tert-OH is 1. The minimum absolute atomic E-state index is 0.136. The monoisotopic (exact) mass is 250 g/mol. The summed E-state index contributed by atoms with van der Waals surface area (Å²) in [6.07, 6.45) is -1.42. The van der Waals surface area contributed by atoms with Gasteiger partial charge in [-0.05, 0) is 5.56 Å². The van der Waals surface area contributed by atoms with Gasteiger partial charge in [-0.25, -0.2) is 15.2 Å². The molecule has 2 rings (SSSR count). The molecule has 0 aromatic heterocycles. The minimum Gasteiger partial charge on any atom is -0.443 e. The number of nitrogens with zero attached hydrogens (tertiary/aromatic N) is 1. The third kappa shape index (κ3) is 2.98. The Bertz CT molecular complexity index is 435. The van der Waals surface area contributed by atoms with Crippen molar-refractivity contribution in [3.8, 4) is 0 Å². The van der Waals surface area contributed by atoms with Crippen LogP contribution in [0.1, 0.15) is 12.0 Å². The van der Waals surface area contributed by atoms with E-state index in [1.54, 1.807) is 0 Å². The lowest BCUT2D eigenvalue weighted by Gasteiger charge is -2.16. The standard InChI is InChI=1S/C12H14N2O4/c15-10-6-7-14(11(10)16)13-12(17)18-8-9-4-2-1-3-5-9/h1-5,10,15H,6-8H2,(H,13,17)/t10-/m0/s1. The van der Waals surface area contributed by atoms with Crippen LogP contribution < -0.4 is 5.43 Å². The molecule has 2 N–H and O–H groups in total. The largest absolute Gasteiger partial charge is 0.443 e. The van der Waals surface area contributed by atoms with Gasteiger partial charge in [0.05, 0.1) is 0 Å². The van der Waals surface area contributed by atoms with E-state index < -0.39 is 18.1 Å². The molecule has 1 atom stereocenters. The first-order chi connectivity index (χ1) is 8.66. The van der Waals surface area contributed by atoms with Crippen molar-refractivity contribution in [2.45, 2.75) is 19.1 Å². The van der Waals surface area contributed by atoms with E-state index in [4.69, 9.17) is 4.74 Å². The first kappa shape index (κ1) is 12.4. The number of carbonyl (C=O) groups excluding carboxylic acids is 2. The summed E-state index contributed by atoms with van der Waals surface area (Å²) in [5.41, 5.74) is 3.15. The highest BCUT2D eigenvalue weighted by molar-refractivity contribution is 5.84. The molecule has 1 aliphatic heterocycles. The summed E-state index contributed by atoms with van der Waals surface area (Å²) in [6.45, 7) is 0.428. The molecule has 1 aromatic rings. The Morgan fingerprint density at radius 2 is 2.17 bits per heavy atom. The highest BCUT2D eigenvalue weighted by Gasteiger charge is 2.31. The Morgan fingerprint density at radius 1 is 1.44 bits per heavy atom. The molecule has 1 fully saturated rings. The van der Waals surface area contributed by atoms with Gasteiger partial charge in [-0.3, -0.25) is 4.79 Å². The van der Waals surface area contributed by atoms with Crippen molar-refractivity contribution in [2.24, 2.45) is 0 Å². The lowest BCUT2D eigenvalue weighted by molar-refractivity contribution is -0.136. The molecule has 0 spiro atoms. The molecular formula is C12H14N2O4. The molecule has 6 heteroatoms. The lowest BCUT2D eigenvalue weighted by Crippen LogP contribution is -2.44. The smallest absolute Gasteiger partial charge is 0.426 e. The second-order valence-corrected chi connectivity index (χ2v) is 3.97. The van der Waals surface area contributed by atoms with Gasteiger partial charge in [0.1, 0.15) is 12.7 Å². The van der Waals surface area contributed by atoms with E-state index in [9.17, 15) is 14.7 Å². The SMILES string of the molecule is O=C(NN1CC[C@H](O)C1=O)OCc1ccccc1. The molecule has 96 valence electrons. The first-order valence-corrected chi connectivity index (χ1v) is 5.63. The van der Waals surface area contributed by atoms with Crippen LogP contribution in [0, 0.1) is 0 Å². The van der Waals surface area contributed by atoms with Gasteiger partial charge in [-0.1, -0.05) is 30.3 Å². The number of rotatable bonds is 3. The van der Waals surface area contributed by atoms with Gasteiger partial charge in [-0.2, -0.15) is 0 Å². The van der Waals surface area contributed by atoms with Gasteiger partial charge in [0.2, 0.25) is 0 Å². The van der Waals surface area contributed by atoms with Crippen molar-refractivity contribution in [2.75, 3.05) is 6.54 Å². The highest BCUT2D eigenvalue weighted by Crippen LogP contribution is 2.08. The molecule has 0 radical (unpaired) electrons. The molecule has 0 saturated carbocycles. The Kier molecular flexibility index (Phi) is 3.78. The Labute approximate surface area is 104 Å². The van der Waals surface area contributed by atoms with E-state index in [-0.39, 0.29) is 6.61 Å². The van der Waals surface area contributed by atoms with Crippen LogP contribution in [0.25, 0.3) is 0 Å². The number of nitrogens with one attached hydrogen (secondary N) is 1. The quantitative estimate of drug-likeness (QED) is 0.815. The van der Waals surface area contributed by atoms with Crippen molar-refractivity contribution in [3.63, 3.8) is 0 Å². The maximum absolute atomic E-state index is 11.4. The lowest BCUT2D eigenvalue weighted by atomic mass is 10.2. The third-order valence-corrected chi connectivity index (χ3v) is 2.62. The molecule has 0 aliphatic carbocycles. The highest BCUT2D eigenvalue weighted by atomic mass is 16.6. The van der Waals surface area contributed by atoms with Gasteiger partial charge in [0, 0.05) is 13.0 Å². The number of benzene rings is 1. The van der Waals surface area contributed by atoms with Crippen LogP contribution in [0.5, 0.6) is 0 Å². The Hall–Kier alpha value is -2.08. The predicted molar refractivity (Wildman–Crippen MR) is 62.1 cm³/mol.